The summed E-state index contributed by atoms with van der Waals surface area (Å²) in [5, 5.41) is 0. The van der Waals surface area contributed by atoms with Crippen molar-refractivity contribution in [1.82, 2.24) is 4.90 Å². The molecule has 1 aliphatic rings. The highest BCUT2D eigenvalue weighted by Gasteiger charge is 2.31. The Kier molecular flexibility index (Phi) is 3.62. The number of nitrogens with zero attached hydrogens (tertiary/aromatic N) is 1. The maximum atomic E-state index is 11.8. The Bertz CT molecular complexity index is 456. The van der Waals surface area contributed by atoms with Gasteiger partial charge in [-0.3, -0.25) is 14.5 Å². The minimum absolute atomic E-state index is 0.155. The van der Waals surface area contributed by atoms with Crippen LogP contribution in [0.4, 0.5) is 0 Å². The SMILES string of the molecule is COc1ccc(CN2C(=O)CC[C@@H](N)C2=O)cc1. The van der Waals surface area contributed by atoms with E-state index in [4.69, 9.17) is 10.5 Å². The molecule has 2 rings (SSSR count). The molecule has 0 saturated carbocycles. The van der Waals surface area contributed by atoms with Crippen LogP contribution >= 0.6 is 0 Å². The fraction of sp³-hybridized carbons (Fsp3) is 0.385. The first-order valence-electron chi connectivity index (χ1n) is 5.84. The van der Waals surface area contributed by atoms with Gasteiger partial charge in [-0.05, 0) is 24.1 Å². The number of likely N-dealkylation sites (tertiary alicyclic amines) is 1. The van der Waals surface area contributed by atoms with Crippen LogP contribution in [0.25, 0.3) is 0 Å². The van der Waals surface area contributed by atoms with Gasteiger partial charge in [0.25, 0.3) is 0 Å². The topological polar surface area (TPSA) is 72.6 Å². The quantitative estimate of drug-likeness (QED) is 0.798. The van der Waals surface area contributed by atoms with Gasteiger partial charge in [-0.25, -0.2) is 0 Å². The minimum Gasteiger partial charge on any atom is -0.497 e. The number of carbonyl (C=O) groups excluding carboxylic acids is 2. The van der Waals surface area contributed by atoms with Gasteiger partial charge in [0.2, 0.25) is 11.8 Å². The number of piperidine rings is 1. The highest BCUT2D eigenvalue weighted by molar-refractivity contribution is 6.00. The molecule has 5 heteroatoms. The molecule has 0 spiro atoms. The van der Waals surface area contributed by atoms with Gasteiger partial charge < -0.3 is 10.5 Å². The second-order valence-electron chi connectivity index (χ2n) is 4.31. The Labute approximate surface area is 106 Å². The third-order valence-corrected chi connectivity index (χ3v) is 3.05. The van der Waals surface area contributed by atoms with Crippen LogP contribution in [0.2, 0.25) is 0 Å². The van der Waals surface area contributed by atoms with Gasteiger partial charge in [-0.1, -0.05) is 12.1 Å². The predicted octanol–water partition coefficient (Wildman–Crippen LogP) is 0.671. The molecule has 1 aromatic carbocycles. The van der Waals surface area contributed by atoms with Gasteiger partial charge in [-0.15, -0.1) is 0 Å². The molecule has 5 nitrogen and oxygen atoms in total. The summed E-state index contributed by atoms with van der Waals surface area (Å²) in [6.07, 6.45) is 0.778. The monoisotopic (exact) mass is 248 g/mol. The molecule has 0 aliphatic carbocycles. The Morgan fingerprint density at radius 3 is 2.61 bits per heavy atom. The number of methoxy groups -OCH3 is 1. The number of hydrogen-bond acceptors (Lipinski definition) is 4. The van der Waals surface area contributed by atoms with Crippen molar-refractivity contribution >= 4 is 11.8 Å². The Balaban J connectivity index is 2.11. The molecule has 0 unspecified atom stereocenters. The van der Waals surface area contributed by atoms with Crippen molar-refractivity contribution < 1.29 is 14.3 Å². The molecule has 1 saturated heterocycles. The van der Waals surface area contributed by atoms with E-state index in [-0.39, 0.29) is 18.4 Å². The molecule has 1 atom stereocenters. The number of rotatable bonds is 3. The third-order valence-electron chi connectivity index (χ3n) is 3.05. The van der Waals surface area contributed by atoms with E-state index in [2.05, 4.69) is 0 Å². The molecule has 1 aliphatic heterocycles. The van der Waals surface area contributed by atoms with Crippen LogP contribution in [0, 0.1) is 0 Å². The van der Waals surface area contributed by atoms with Crippen molar-refractivity contribution in [3.05, 3.63) is 29.8 Å². The lowest BCUT2D eigenvalue weighted by Crippen LogP contribution is -2.50. The normalized spacial score (nSPS) is 20.1. The summed E-state index contributed by atoms with van der Waals surface area (Å²) in [7, 11) is 1.59. The van der Waals surface area contributed by atoms with E-state index in [1.807, 2.05) is 12.1 Å². The Morgan fingerprint density at radius 2 is 2.00 bits per heavy atom. The van der Waals surface area contributed by atoms with E-state index < -0.39 is 6.04 Å². The summed E-state index contributed by atoms with van der Waals surface area (Å²) in [4.78, 5) is 24.8. The van der Waals surface area contributed by atoms with Crippen LogP contribution in [0.1, 0.15) is 18.4 Å². The fourth-order valence-corrected chi connectivity index (χ4v) is 1.94. The lowest BCUT2D eigenvalue weighted by molar-refractivity contribution is -0.149. The number of imide groups is 1. The van der Waals surface area contributed by atoms with Crippen LogP contribution in [-0.2, 0) is 16.1 Å². The Morgan fingerprint density at radius 1 is 1.33 bits per heavy atom. The highest BCUT2D eigenvalue weighted by Crippen LogP contribution is 2.17. The van der Waals surface area contributed by atoms with Crippen molar-refractivity contribution in [2.45, 2.75) is 25.4 Å². The number of nitrogens with two attached hydrogens (primary N) is 1. The second kappa shape index (κ2) is 5.18. The number of hydrogen-bond donors (Lipinski definition) is 1. The summed E-state index contributed by atoms with van der Waals surface area (Å²) in [5.41, 5.74) is 6.55. The van der Waals surface area contributed by atoms with E-state index in [1.165, 1.54) is 4.90 Å². The Hall–Kier alpha value is -1.88. The molecule has 2 N–H and O–H groups in total. The predicted molar refractivity (Wildman–Crippen MR) is 65.8 cm³/mol. The summed E-state index contributed by atoms with van der Waals surface area (Å²) in [5.74, 6) is 0.298. The molecule has 1 fully saturated rings. The van der Waals surface area contributed by atoms with Crippen LogP contribution in [0.3, 0.4) is 0 Å². The number of benzene rings is 1. The number of carbonyl (C=O) groups is 2. The summed E-state index contributed by atoms with van der Waals surface area (Å²) in [6.45, 7) is 0.273. The average Bonchev–Trinajstić information content (AvgIpc) is 2.40. The summed E-state index contributed by atoms with van der Waals surface area (Å²) < 4.78 is 5.05. The van der Waals surface area contributed by atoms with Gasteiger partial charge >= 0.3 is 0 Å². The van der Waals surface area contributed by atoms with Crippen molar-refractivity contribution in [2.24, 2.45) is 5.73 Å². The number of ether oxygens (including phenoxy) is 1. The lowest BCUT2D eigenvalue weighted by atomic mass is 10.0. The zero-order chi connectivity index (χ0) is 13.1. The molecule has 0 aromatic heterocycles. The molecule has 2 amide bonds. The van der Waals surface area contributed by atoms with Crippen LogP contribution in [0.15, 0.2) is 24.3 Å². The first kappa shape index (κ1) is 12.6. The maximum absolute atomic E-state index is 11.8. The standard InChI is InChI=1S/C13H16N2O3/c1-18-10-4-2-9(3-5-10)8-15-12(16)7-6-11(14)13(15)17/h2-5,11H,6-8,14H2,1H3/t11-/m1/s1. The lowest BCUT2D eigenvalue weighted by Gasteiger charge is -2.28. The maximum Gasteiger partial charge on any atom is 0.246 e. The smallest absolute Gasteiger partial charge is 0.246 e. The van der Waals surface area contributed by atoms with Crippen molar-refractivity contribution in [1.29, 1.82) is 0 Å². The highest BCUT2D eigenvalue weighted by atomic mass is 16.5. The summed E-state index contributed by atoms with van der Waals surface area (Å²) >= 11 is 0. The molecular weight excluding hydrogens is 232 g/mol. The summed E-state index contributed by atoms with van der Waals surface area (Å²) in [6, 6.07) is 6.71. The molecule has 1 aromatic rings. The van der Waals surface area contributed by atoms with Crippen LogP contribution < -0.4 is 10.5 Å². The van der Waals surface area contributed by atoms with Crippen LogP contribution in [-0.4, -0.2) is 29.9 Å². The largest absolute Gasteiger partial charge is 0.497 e. The minimum atomic E-state index is -0.555. The van der Waals surface area contributed by atoms with Gasteiger partial charge in [0, 0.05) is 6.42 Å². The molecule has 0 bridgehead atoms. The van der Waals surface area contributed by atoms with E-state index in [1.54, 1.807) is 19.2 Å². The average molecular weight is 248 g/mol. The van der Waals surface area contributed by atoms with Crippen molar-refractivity contribution in [3.8, 4) is 5.75 Å². The second-order valence-corrected chi connectivity index (χ2v) is 4.31. The van der Waals surface area contributed by atoms with Gasteiger partial charge in [0.05, 0.1) is 19.7 Å². The zero-order valence-corrected chi connectivity index (χ0v) is 10.3. The van der Waals surface area contributed by atoms with E-state index >= 15 is 0 Å². The third kappa shape index (κ3) is 2.51. The van der Waals surface area contributed by atoms with Gasteiger partial charge in [-0.2, -0.15) is 0 Å². The zero-order valence-electron chi connectivity index (χ0n) is 10.3. The van der Waals surface area contributed by atoms with Gasteiger partial charge in [0.1, 0.15) is 5.75 Å². The first-order valence-corrected chi connectivity index (χ1v) is 5.84. The van der Waals surface area contributed by atoms with Crippen molar-refractivity contribution in [3.63, 3.8) is 0 Å². The van der Waals surface area contributed by atoms with E-state index in [0.717, 1.165) is 11.3 Å². The van der Waals surface area contributed by atoms with Crippen molar-refractivity contribution in [2.75, 3.05) is 7.11 Å². The van der Waals surface area contributed by atoms with Crippen LogP contribution in [0.5, 0.6) is 5.75 Å². The molecule has 0 radical (unpaired) electrons. The molecule has 96 valence electrons. The number of amides is 2. The molecule has 18 heavy (non-hydrogen) atoms. The first-order chi connectivity index (χ1) is 8.61. The van der Waals surface area contributed by atoms with Gasteiger partial charge in [0.15, 0.2) is 0 Å². The fourth-order valence-electron chi connectivity index (χ4n) is 1.94. The van der Waals surface area contributed by atoms with E-state index in [0.29, 0.717) is 12.8 Å². The molecule has 1 heterocycles. The van der Waals surface area contributed by atoms with E-state index in [9.17, 15) is 9.59 Å². The molecular formula is C13H16N2O3.